The Labute approximate surface area is 154 Å². The molecule has 26 heavy (non-hydrogen) atoms. The highest BCUT2D eigenvalue weighted by Gasteiger charge is 2.22. The van der Waals surface area contributed by atoms with Gasteiger partial charge >= 0.3 is 6.03 Å². The number of nitrogens with one attached hydrogen (secondary N) is 2. The number of rotatable bonds is 8. The topological polar surface area (TPSA) is 108 Å². The van der Waals surface area contributed by atoms with Gasteiger partial charge in [0.15, 0.2) is 0 Å². The zero-order valence-corrected chi connectivity index (χ0v) is 15.4. The summed E-state index contributed by atoms with van der Waals surface area (Å²) in [5, 5.41) is 15.7. The monoisotopic (exact) mass is 362 g/mol. The summed E-state index contributed by atoms with van der Waals surface area (Å²) in [4.78, 5) is 25.3. The van der Waals surface area contributed by atoms with E-state index in [4.69, 9.17) is 5.73 Å². The van der Waals surface area contributed by atoms with Crippen molar-refractivity contribution in [1.29, 1.82) is 0 Å². The van der Waals surface area contributed by atoms with Crippen molar-refractivity contribution in [3.05, 3.63) is 35.4 Å². The van der Waals surface area contributed by atoms with Crippen LogP contribution in [0.15, 0.2) is 24.3 Å². The van der Waals surface area contributed by atoms with Crippen LogP contribution in [0.1, 0.15) is 36.5 Å². The molecule has 1 aliphatic heterocycles. The van der Waals surface area contributed by atoms with Gasteiger partial charge in [0.1, 0.15) is 0 Å². The van der Waals surface area contributed by atoms with Gasteiger partial charge in [-0.05, 0) is 56.9 Å². The molecule has 7 heteroatoms. The van der Waals surface area contributed by atoms with E-state index in [1.165, 1.54) is 0 Å². The molecule has 7 nitrogen and oxygen atoms in total. The van der Waals surface area contributed by atoms with E-state index in [-0.39, 0.29) is 24.4 Å². The maximum absolute atomic E-state index is 11.8. The van der Waals surface area contributed by atoms with Crippen molar-refractivity contribution in [2.75, 3.05) is 32.7 Å². The Morgan fingerprint density at radius 3 is 2.62 bits per heavy atom. The first-order valence-electron chi connectivity index (χ1n) is 9.24. The Morgan fingerprint density at radius 1 is 1.27 bits per heavy atom. The first kappa shape index (κ1) is 20.2. The summed E-state index contributed by atoms with van der Waals surface area (Å²) in [6.07, 6.45) is 1.77. The fourth-order valence-electron chi connectivity index (χ4n) is 3.27. The zero-order chi connectivity index (χ0) is 18.9. The number of aryl methyl sites for hydroxylation is 1. The standard InChI is InChI=1S/C19H30N4O3/c1-14-5-2-3-6-16(14)17(24)13-22-19(26)21-9-4-10-23-11-7-15(8-12-23)18(20)25/h2-3,5-6,15,17,24H,4,7-13H2,1H3,(H2,20,25)(H2,21,22,26). The Bertz CT molecular complexity index is 600. The molecule has 144 valence electrons. The average molecular weight is 362 g/mol. The minimum atomic E-state index is -0.714. The van der Waals surface area contributed by atoms with Crippen LogP contribution in [0.3, 0.4) is 0 Å². The Morgan fingerprint density at radius 2 is 1.96 bits per heavy atom. The van der Waals surface area contributed by atoms with Gasteiger partial charge in [-0.1, -0.05) is 24.3 Å². The van der Waals surface area contributed by atoms with Crippen LogP contribution in [0.25, 0.3) is 0 Å². The van der Waals surface area contributed by atoms with Crippen LogP contribution >= 0.6 is 0 Å². The molecule has 3 amide bonds. The Hall–Kier alpha value is -2.12. The molecule has 1 aromatic carbocycles. The highest BCUT2D eigenvalue weighted by molar-refractivity contribution is 5.76. The van der Waals surface area contributed by atoms with Crippen LogP contribution in [0.5, 0.6) is 0 Å². The first-order chi connectivity index (χ1) is 12.5. The van der Waals surface area contributed by atoms with Gasteiger partial charge in [-0.2, -0.15) is 0 Å². The first-order valence-corrected chi connectivity index (χ1v) is 9.24. The fourth-order valence-corrected chi connectivity index (χ4v) is 3.27. The molecule has 0 bridgehead atoms. The van der Waals surface area contributed by atoms with Gasteiger partial charge in [0.25, 0.3) is 0 Å². The molecule has 0 aliphatic carbocycles. The van der Waals surface area contributed by atoms with Crippen molar-refractivity contribution in [3.63, 3.8) is 0 Å². The number of benzene rings is 1. The molecule has 1 aliphatic rings. The molecule has 1 aromatic rings. The van der Waals surface area contributed by atoms with Crippen molar-refractivity contribution >= 4 is 11.9 Å². The quantitative estimate of drug-likeness (QED) is 0.516. The second-order valence-corrected chi connectivity index (χ2v) is 6.88. The lowest BCUT2D eigenvalue weighted by molar-refractivity contribution is -0.123. The van der Waals surface area contributed by atoms with E-state index in [9.17, 15) is 14.7 Å². The molecule has 1 fully saturated rings. The van der Waals surface area contributed by atoms with Crippen LogP contribution in [-0.2, 0) is 4.79 Å². The van der Waals surface area contributed by atoms with E-state index in [0.29, 0.717) is 6.54 Å². The molecule has 1 atom stereocenters. The number of nitrogens with zero attached hydrogens (tertiary/aromatic N) is 1. The van der Waals surface area contributed by atoms with Gasteiger partial charge in [0.05, 0.1) is 6.10 Å². The third kappa shape index (κ3) is 6.31. The van der Waals surface area contributed by atoms with Crippen LogP contribution in [0, 0.1) is 12.8 Å². The van der Waals surface area contributed by atoms with Gasteiger partial charge in [0, 0.05) is 19.0 Å². The summed E-state index contributed by atoms with van der Waals surface area (Å²) >= 11 is 0. The van der Waals surface area contributed by atoms with E-state index >= 15 is 0 Å². The van der Waals surface area contributed by atoms with E-state index in [0.717, 1.165) is 50.0 Å². The summed E-state index contributed by atoms with van der Waals surface area (Å²) < 4.78 is 0. The van der Waals surface area contributed by atoms with Crippen molar-refractivity contribution < 1.29 is 14.7 Å². The Balaban J connectivity index is 1.57. The molecular weight excluding hydrogens is 332 g/mol. The van der Waals surface area contributed by atoms with E-state index in [1.54, 1.807) is 0 Å². The molecule has 0 saturated carbocycles. The predicted molar refractivity (Wildman–Crippen MR) is 101 cm³/mol. The van der Waals surface area contributed by atoms with E-state index in [2.05, 4.69) is 15.5 Å². The van der Waals surface area contributed by atoms with E-state index < -0.39 is 6.10 Å². The third-order valence-electron chi connectivity index (χ3n) is 4.93. The second-order valence-electron chi connectivity index (χ2n) is 6.88. The number of carbonyl (C=O) groups excluding carboxylic acids is 2. The van der Waals surface area contributed by atoms with Gasteiger partial charge in [0.2, 0.25) is 5.91 Å². The number of primary amides is 1. The molecule has 0 aromatic heterocycles. The van der Waals surface area contributed by atoms with Crippen LogP contribution in [0.2, 0.25) is 0 Å². The van der Waals surface area contributed by atoms with Crippen LogP contribution < -0.4 is 16.4 Å². The van der Waals surface area contributed by atoms with Crippen molar-refractivity contribution in [3.8, 4) is 0 Å². The summed E-state index contributed by atoms with van der Waals surface area (Å²) in [6.45, 7) is 5.33. The average Bonchev–Trinajstić information content (AvgIpc) is 2.64. The van der Waals surface area contributed by atoms with Crippen LogP contribution in [0.4, 0.5) is 4.79 Å². The normalized spacial score (nSPS) is 16.8. The van der Waals surface area contributed by atoms with Crippen molar-refractivity contribution in [2.45, 2.75) is 32.3 Å². The number of amides is 3. The molecule has 0 spiro atoms. The number of hydrogen-bond donors (Lipinski definition) is 4. The lowest BCUT2D eigenvalue weighted by Gasteiger charge is -2.30. The summed E-state index contributed by atoms with van der Waals surface area (Å²) in [5.74, 6) is -0.189. The molecule has 2 rings (SSSR count). The highest BCUT2D eigenvalue weighted by Crippen LogP contribution is 2.17. The number of aliphatic hydroxyl groups excluding tert-OH is 1. The molecule has 1 saturated heterocycles. The predicted octanol–water partition coefficient (Wildman–Crippen LogP) is 0.915. The fraction of sp³-hybridized carbons (Fsp3) is 0.579. The highest BCUT2D eigenvalue weighted by atomic mass is 16.3. The molecule has 1 heterocycles. The summed E-state index contributed by atoms with van der Waals surface area (Å²) in [7, 11) is 0. The molecule has 0 radical (unpaired) electrons. The summed E-state index contributed by atoms with van der Waals surface area (Å²) in [5.41, 5.74) is 7.16. The third-order valence-corrected chi connectivity index (χ3v) is 4.93. The minimum Gasteiger partial charge on any atom is -0.387 e. The zero-order valence-electron chi connectivity index (χ0n) is 15.4. The number of nitrogens with two attached hydrogens (primary N) is 1. The van der Waals surface area contributed by atoms with Gasteiger partial charge in [-0.3, -0.25) is 4.79 Å². The number of likely N-dealkylation sites (tertiary alicyclic amines) is 1. The van der Waals surface area contributed by atoms with Crippen LogP contribution in [-0.4, -0.2) is 54.7 Å². The lowest BCUT2D eigenvalue weighted by atomic mass is 9.96. The van der Waals surface area contributed by atoms with Gasteiger partial charge in [-0.25, -0.2) is 4.79 Å². The Kier molecular flexibility index (Phi) is 7.87. The summed E-state index contributed by atoms with van der Waals surface area (Å²) in [6, 6.07) is 7.32. The van der Waals surface area contributed by atoms with E-state index in [1.807, 2.05) is 31.2 Å². The van der Waals surface area contributed by atoms with Crippen molar-refractivity contribution in [1.82, 2.24) is 15.5 Å². The SMILES string of the molecule is Cc1ccccc1C(O)CNC(=O)NCCCN1CCC(C(N)=O)CC1. The molecule has 5 N–H and O–H groups in total. The maximum atomic E-state index is 11.8. The molecule has 1 unspecified atom stereocenters. The number of piperidine rings is 1. The second kappa shape index (κ2) is 10.1. The van der Waals surface area contributed by atoms with Gasteiger partial charge < -0.3 is 26.4 Å². The number of aliphatic hydroxyl groups is 1. The van der Waals surface area contributed by atoms with Crippen molar-refractivity contribution in [2.24, 2.45) is 11.7 Å². The maximum Gasteiger partial charge on any atom is 0.314 e. The molecular formula is C19H30N4O3. The smallest absolute Gasteiger partial charge is 0.314 e. The number of carbonyl (C=O) groups is 2. The largest absolute Gasteiger partial charge is 0.387 e. The lowest BCUT2D eigenvalue weighted by Crippen LogP contribution is -2.41. The number of hydrogen-bond acceptors (Lipinski definition) is 4. The number of urea groups is 1. The minimum absolute atomic E-state index is 0.00910. The van der Waals surface area contributed by atoms with Gasteiger partial charge in [-0.15, -0.1) is 0 Å².